The maximum absolute atomic E-state index is 13.7. The molecule has 0 radical (unpaired) electrons. The van der Waals surface area contributed by atoms with Crippen molar-refractivity contribution < 1.29 is 24.0 Å². The number of carbonyl (C=O) groups excluding carboxylic acids is 2. The van der Waals surface area contributed by atoms with Gasteiger partial charge < -0.3 is 14.8 Å². The number of ketones is 1. The second kappa shape index (κ2) is 7.79. The molecule has 1 amide bonds. The molecule has 182 valence electrons. The Balaban J connectivity index is 1.37. The van der Waals surface area contributed by atoms with Crippen LogP contribution in [0.1, 0.15) is 39.2 Å². The number of nitro groups is 1. The molecule has 2 fully saturated rings. The summed E-state index contributed by atoms with van der Waals surface area (Å²) >= 11 is 0. The highest BCUT2D eigenvalue weighted by Gasteiger charge is 2.76. The molecule has 1 heterocycles. The fourth-order valence-corrected chi connectivity index (χ4v) is 5.63. The maximum Gasteiger partial charge on any atom is 0.269 e. The first kappa shape index (κ1) is 22.8. The molecule has 2 aliphatic carbocycles. The number of hydrazone groups is 1. The van der Waals surface area contributed by atoms with Crippen molar-refractivity contribution >= 4 is 28.8 Å². The Labute approximate surface area is 201 Å². The average molecular weight is 479 g/mol. The Morgan fingerprint density at radius 1 is 1.09 bits per heavy atom. The third kappa shape index (κ3) is 3.19. The van der Waals surface area contributed by atoms with Crippen LogP contribution in [0.4, 0.5) is 11.4 Å². The molecule has 2 aromatic carbocycles. The quantitative estimate of drug-likeness (QED) is 0.367. The molecule has 2 N–H and O–H groups in total. The third-order valence-electron chi connectivity index (χ3n) is 8.22. The Kier molecular flexibility index (Phi) is 5.08. The second-order valence-corrected chi connectivity index (χ2v) is 9.94. The summed E-state index contributed by atoms with van der Waals surface area (Å²) in [6.45, 7) is 6.30. The standard InChI is InChI=1S/C25H26N4O6/c1-23(2)24(3)10-11-25(23,22(31)26-13-15-4-9-18-19(12-15)35-14-34-18)21(30)20(24)28-27-16-5-7-17(8-6-16)29(32)33/h4-9,12,27H,10-11,13-14H2,1-3H3,(H,26,31). The molecule has 3 aliphatic rings. The van der Waals surface area contributed by atoms with Crippen LogP contribution in [-0.2, 0) is 16.1 Å². The van der Waals surface area contributed by atoms with Crippen LogP contribution in [0.5, 0.6) is 11.5 Å². The van der Waals surface area contributed by atoms with E-state index in [9.17, 15) is 19.7 Å². The van der Waals surface area contributed by atoms with Gasteiger partial charge in [-0.15, -0.1) is 0 Å². The van der Waals surface area contributed by atoms with Gasteiger partial charge in [-0.1, -0.05) is 26.8 Å². The van der Waals surface area contributed by atoms with Gasteiger partial charge in [-0.2, -0.15) is 5.10 Å². The zero-order valence-corrected chi connectivity index (χ0v) is 19.7. The summed E-state index contributed by atoms with van der Waals surface area (Å²) in [5.74, 6) is 0.703. The minimum atomic E-state index is -1.23. The lowest BCUT2D eigenvalue weighted by atomic mass is 9.64. The number of fused-ring (bicyclic) bond motifs is 3. The lowest BCUT2D eigenvalue weighted by molar-refractivity contribution is -0.384. The van der Waals surface area contributed by atoms with Gasteiger partial charge in [0.1, 0.15) is 11.1 Å². The van der Waals surface area contributed by atoms with Gasteiger partial charge >= 0.3 is 0 Å². The number of nitrogens with one attached hydrogen (secondary N) is 2. The van der Waals surface area contributed by atoms with Crippen molar-refractivity contribution in [1.82, 2.24) is 5.32 Å². The van der Waals surface area contributed by atoms with Gasteiger partial charge in [-0.3, -0.25) is 25.1 Å². The number of non-ortho nitro benzene ring substituents is 1. The van der Waals surface area contributed by atoms with E-state index < -0.39 is 21.2 Å². The number of ether oxygens (including phenoxy) is 2. The summed E-state index contributed by atoms with van der Waals surface area (Å²) in [6, 6.07) is 11.3. The van der Waals surface area contributed by atoms with Gasteiger partial charge in [-0.05, 0) is 48.1 Å². The molecule has 0 spiro atoms. The molecule has 2 bridgehead atoms. The van der Waals surface area contributed by atoms with Crippen LogP contribution in [0.3, 0.4) is 0 Å². The van der Waals surface area contributed by atoms with Crippen molar-refractivity contribution in [3.05, 3.63) is 58.1 Å². The van der Waals surface area contributed by atoms with Crippen molar-refractivity contribution in [3.8, 4) is 11.5 Å². The summed E-state index contributed by atoms with van der Waals surface area (Å²) in [7, 11) is 0. The molecular formula is C25H26N4O6. The van der Waals surface area contributed by atoms with Crippen molar-refractivity contribution in [3.63, 3.8) is 0 Å². The van der Waals surface area contributed by atoms with E-state index in [1.807, 2.05) is 32.9 Å². The number of amides is 1. The zero-order chi connectivity index (χ0) is 25.0. The zero-order valence-electron chi connectivity index (χ0n) is 19.7. The van der Waals surface area contributed by atoms with Gasteiger partial charge in [-0.25, -0.2) is 0 Å². The monoisotopic (exact) mass is 478 g/mol. The van der Waals surface area contributed by atoms with Crippen LogP contribution in [0, 0.1) is 26.4 Å². The fraction of sp³-hybridized carbons (Fsp3) is 0.400. The summed E-state index contributed by atoms with van der Waals surface area (Å²) in [5.41, 5.74) is 2.01. The number of Topliss-reactive ketones (excluding diaryl/α,β-unsaturated/α-hetero) is 1. The number of rotatable bonds is 6. The SMILES string of the molecule is CC12CCC(C(=O)NCc3ccc4c(c3)OCO4)(C(=O)C1=NNc1ccc([N+](=O)[O-])cc1)C2(C)C. The Morgan fingerprint density at radius 3 is 2.51 bits per heavy atom. The van der Waals surface area contributed by atoms with Gasteiger partial charge in [0.05, 0.1) is 10.6 Å². The van der Waals surface area contributed by atoms with Crippen LogP contribution in [0.2, 0.25) is 0 Å². The molecule has 2 atom stereocenters. The lowest BCUT2D eigenvalue weighted by Gasteiger charge is -2.37. The van der Waals surface area contributed by atoms with Crippen LogP contribution in [-0.4, -0.2) is 29.1 Å². The molecule has 2 unspecified atom stereocenters. The van der Waals surface area contributed by atoms with Crippen molar-refractivity contribution in [2.75, 3.05) is 12.2 Å². The first-order valence-electron chi connectivity index (χ1n) is 11.4. The summed E-state index contributed by atoms with van der Waals surface area (Å²) in [5, 5.41) is 18.3. The van der Waals surface area contributed by atoms with Gasteiger partial charge in [0.15, 0.2) is 17.3 Å². The summed E-state index contributed by atoms with van der Waals surface area (Å²) in [4.78, 5) is 37.7. The highest BCUT2D eigenvalue weighted by Crippen LogP contribution is 2.69. The van der Waals surface area contributed by atoms with E-state index in [1.165, 1.54) is 24.3 Å². The lowest BCUT2D eigenvalue weighted by Crippen LogP contribution is -2.50. The number of nitrogens with zero attached hydrogens (tertiary/aromatic N) is 2. The molecule has 2 saturated carbocycles. The van der Waals surface area contributed by atoms with Gasteiger partial charge in [0.2, 0.25) is 12.7 Å². The van der Waals surface area contributed by atoms with Crippen molar-refractivity contribution in [1.29, 1.82) is 0 Å². The van der Waals surface area contributed by atoms with Gasteiger partial charge in [0.25, 0.3) is 5.69 Å². The van der Waals surface area contributed by atoms with E-state index in [4.69, 9.17) is 9.47 Å². The number of carbonyl (C=O) groups is 2. The van der Waals surface area contributed by atoms with Crippen molar-refractivity contribution in [2.45, 2.75) is 40.2 Å². The molecular weight excluding hydrogens is 452 g/mol. The topological polar surface area (TPSA) is 132 Å². The average Bonchev–Trinajstić information content (AvgIpc) is 3.41. The highest BCUT2D eigenvalue weighted by molar-refractivity contribution is 6.50. The minimum Gasteiger partial charge on any atom is -0.454 e. The van der Waals surface area contributed by atoms with Crippen LogP contribution >= 0.6 is 0 Å². The first-order chi connectivity index (χ1) is 16.6. The number of anilines is 1. The summed E-state index contributed by atoms with van der Waals surface area (Å²) < 4.78 is 10.7. The Morgan fingerprint density at radius 2 is 1.80 bits per heavy atom. The Bertz CT molecular complexity index is 1270. The van der Waals surface area contributed by atoms with Crippen LogP contribution in [0.25, 0.3) is 0 Å². The number of nitro benzene ring substituents is 1. The molecule has 10 nitrogen and oxygen atoms in total. The molecule has 10 heteroatoms. The van der Waals surface area contributed by atoms with Crippen LogP contribution < -0.4 is 20.2 Å². The predicted molar refractivity (Wildman–Crippen MR) is 127 cm³/mol. The largest absolute Gasteiger partial charge is 0.454 e. The Hall–Kier alpha value is -3.95. The third-order valence-corrected chi connectivity index (χ3v) is 8.22. The van der Waals surface area contributed by atoms with Gasteiger partial charge in [0, 0.05) is 24.1 Å². The van der Waals surface area contributed by atoms with Crippen molar-refractivity contribution in [2.24, 2.45) is 21.3 Å². The first-order valence-corrected chi connectivity index (χ1v) is 11.4. The number of hydrogen-bond donors (Lipinski definition) is 2. The highest BCUT2D eigenvalue weighted by atomic mass is 16.7. The predicted octanol–water partition coefficient (Wildman–Crippen LogP) is 3.80. The fourth-order valence-electron chi connectivity index (χ4n) is 5.63. The molecule has 2 aromatic rings. The van der Waals surface area contributed by atoms with E-state index in [2.05, 4.69) is 15.8 Å². The number of benzene rings is 2. The van der Waals surface area contributed by atoms with E-state index in [1.54, 1.807) is 6.07 Å². The van der Waals surface area contributed by atoms with E-state index in [0.717, 1.165) is 5.56 Å². The van der Waals surface area contributed by atoms with E-state index >= 15 is 0 Å². The van der Waals surface area contributed by atoms with Crippen LogP contribution in [0.15, 0.2) is 47.6 Å². The second-order valence-electron chi connectivity index (χ2n) is 9.94. The van der Waals surface area contributed by atoms with E-state index in [-0.39, 0.29) is 30.7 Å². The molecule has 0 aromatic heterocycles. The van der Waals surface area contributed by atoms with E-state index in [0.29, 0.717) is 35.7 Å². The summed E-state index contributed by atoms with van der Waals surface area (Å²) in [6.07, 6.45) is 1.09. The maximum atomic E-state index is 13.7. The molecule has 5 rings (SSSR count). The molecule has 1 aliphatic heterocycles. The minimum absolute atomic E-state index is 0.0367. The molecule has 35 heavy (non-hydrogen) atoms. The number of hydrogen-bond acceptors (Lipinski definition) is 8. The smallest absolute Gasteiger partial charge is 0.269 e. The molecule has 0 saturated heterocycles. The normalized spacial score (nSPS) is 26.7.